The van der Waals surface area contributed by atoms with Crippen LogP contribution in [0, 0.1) is 0 Å². The average Bonchev–Trinajstić information content (AvgIpc) is 3.29. The summed E-state index contributed by atoms with van der Waals surface area (Å²) in [7, 11) is -1.31. The van der Waals surface area contributed by atoms with Crippen LogP contribution in [-0.2, 0) is 20.9 Å². The van der Waals surface area contributed by atoms with Gasteiger partial charge in [-0.25, -0.2) is 8.42 Å². The van der Waals surface area contributed by atoms with Crippen LogP contribution < -0.4 is 0 Å². The van der Waals surface area contributed by atoms with Crippen molar-refractivity contribution in [2.45, 2.75) is 88.4 Å². The van der Waals surface area contributed by atoms with E-state index in [2.05, 4.69) is 71.7 Å². The van der Waals surface area contributed by atoms with Crippen molar-refractivity contribution in [3.63, 3.8) is 0 Å². The first-order chi connectivity index (χ1) is 16.3. The van der Waals surface area contributed by atoms with E-state index in [1.165, 1.54) is 36.1 Å². The fourth-order valence-corrected chi connectivity index (χ4v) is 7.83. The molecule has 2 atom stereocenters. The summed E-state index contributed by atoms with van der Waals surface area (Å²) in [6, 6.07) is 14.5. The summed E-state index contributed by atoms with van der Waals surface area (Å²) in [6.45, 7) is 16.6. The van der Waals surface area contributed by atoms with Gasteiger partial charge in [0, 0.05) is 19.6 Å². The number of benzene rings is 2. The Morgan fingerprint density at radius 2 is 1.49 bits per heavy atom. The second-order valence-corrected chi connectivity index (χ2v) is 14.7. The van der Waals surface area contributed by atoms with Gasteiger partial charge in [0.05, 0.1) is 4.90 Å². The highest BCUT2D eigenvalue weighted by Gasteiger charge is 2.36. The number of hydrogen-bond acceptors (Lipinski definition) is 3. The van der Waals surface area contributed by atoms with Crippen LogP contribution in [0.25, 0.3) is 0 Å². The number of piperidine rings is 1. The van der Waals surface area contributed by atoms with Gasteiger partial charge >= 0.3 is 0 Å². The molecule has 2 aliphatic rings. The maximum absolute atomic E-state index is 13.7. The third kappa shape index (κ3) is 5.52. The molecule has 2 unspecified atom stereocenters. The van der Waals surface area contributed by atoms with Crippen LogP contribution in [0.1, 0.15) is 94.9 Å². The van der Waals surface area contributed by atoms with Crippen LogP contribution in [0.15, 0.2) is 47.4 Å². The molecule has 5 heteroatoms. The van der Waals surface area contributed by atoms with E-state index >= 15 is 0 Å². The molecule has 0 saturated carbocycles. The zero-order valence-corrected chi connectivity index (χ0v) is 23.6. The van der Waals surface area contributed by atoms with Gasteiger partial charge in [-0.05, 0) is 83.8 Å². The predicted molar refractivity (Wildman–Crippen MR) is 146 cm³/mol. The van der Waals surface area contributed by atoms with Gasteiger partial charge in [0.1, 0.15) is 0 Å². The van der Waals surface area contributed by atoms with Crippen molar-refractivity contribution in [2.75, 3.05) is 33.2 Å². The molecule has 192 valence electrons. The smallest absolute Gasteiger partial charge is 0.243 e. The SMILES string of the molecule is CN1CCCC(c2ccc(C3CCN(S(=O)(=O)c4ccccc4C(C)(C)C)C3)cc2C(C)(C)C)C1. The summed E-state index contributed by atoms with van der Waals surface area (Å²) in [5.74, 6) is 0.808. The molecule has 2 aliphatic heterocycles. The zero-order valence-electron chi connectivity index (χ0n) is 22.8. The number of rotatable bonds is 4. The van der Waals surface area contributed by atoms with E-state index in [0.717, 1.165) is 18.5 Å². The standard InChI is InChI=1S/C30H44N2O2S/c1-29(2,3)26-12-8-9-13-28(26)35(33,34)32-18-16-23(21-32)22-14-15-25(27(19-22)30(4,5)6)24-11-10-17-31(7)20-24/h8-9,12-15,19,23-24H,10-11,16-18,20-21H2,1-7H3. The molecule has 0 N–H and O–H groups in total. The van der Waals surface area contributed by atoms with Gasteiger partial charge in [0.2, 0.25) is 10.0 Å². The van der Waals surface area contributed by atoms with E-state index < -0.39 is 10.0 Å². The van der Waals surface area contributed by atoms with Crippen LogP contribution in [0.2, 0.25) is 0 Å². The van der Waals surface area contributed by atoms with E-state index in [-0.39, 0.29) is 16.7 Å². The maximum Gasteiger partial charge on any atom is 0.243 e. The lowest BCUT2D eigenvalue weighted by Gasteiger charge is -2.34. The van der Waals surface area contributed by atoms with Crippen molar-refractivity contribution in [3.8, 4) is 0 Å². The molecule has 2 heterocycles. The topological polar surface area (TPSA) is 40.6 Å². The fourth-order valence-electron chi connectivity index (χ4n) is 5.92. The largest absolute Gasteiger partial charge is 0.306 e. The lowest BCUT2D eigenvalue weighted by Crippen LogP contribution is -2.32. The Bertz CT molecular complexity index is 1160. The normalized spacial score (nSPS) is 23.1. The quantitative estimate of drug-likeness (QED) is 0.501. The van der Waals surface area contributed by atoms with Crippen molar-refractivity contribution in [1.29, 1.82) is 0 Å². The van der Waals surface area contributed by atoms with E-state index in [0.29, 0.717) is 23.9 Å². The van der Waals surface area contributed by atoms with Crippen LogP contribution in [0.3, 0.4) is 0 Å². The predicted octanol–water partition coefficient (Wildman–Crippen LogP) is 6.27. The Kier molecular flexibility index (Phi) is 7.27. The summed E-state index contributed by atoms with van der Waals surface area (Å²) < 4.78 is 29.1. The first-order valence-corrected chi connectivity index (χ1v) is 14.6. The third-order valence-electron chi connectivity index (χ3n) is 7.88. The number of sulfonamides is 1. The minimum Gasteiger partial charge on any atom is -0.306 e. The van der Waals surface area contributed by atoms with Gasteiger partial charge in [-0.1, -0.05) is 77.9 Å². The molecule has 0 aromatic heterocycles. The van der Waals surface area contributed by atoms with Gasteiger partial charge in [-0.3, -0.25) is 0 Å². The molecule has 2 saturated heterocycles. The molecule has 0 amide bonds. The molecule has 0 radical (unpaired) electrons. The summed E-state index contributed by atoms with van der Waals surface area (Å²) >= 11 is 0. The van der Waals surface area contributed by atoms with Crippen LogP contribution in [0.5, 0.6) is 0 Å². The number of likely N-dealkylation sites (N-methyl/N-ethyl adjacent to an activating group) is 1. The Labute approximate surface area is 213 Å². The number of likely N-dealkylation sites (tertiary alicyclic amines) is 1. The molecular weight excluding hydrogens is 452 g/mol. The maximum atomic E-state index is 13.7. The first kappa shape index (κ1) is 26.4. The molecular formula is C30H44N2O2S. The second-order valence-electron chi connectivity index (χ2n) is 12.8. The van der Waals surface area contributed by atoms with Crippen molar-refractivity contribution in [3.05, 3.63) is 64.7 Å². The van der Waals surface area contributed by atoms with E-state index in [1.54, 1.807) is 10.4 Å². The number of nitrogens with zero attached hydrogens (tertiary/aromatic N) is 2. The Morgan fingerprint density at radius 3 is 2.14 bits per heavy atom. The first-order valence-electron chi connectivity index (χ1n) is 13.2. The third-order valence-corrected chi connectivity index (χ3v) is 9.81. The van der Waals surface area contributed by atoms with Gasteiger partial charge < -0.3 is 4.90 Å². The minimum atomic E-state index is -3.54. The fraction of sp³-hybridized carbons (Fsp3) is 0.600. The molecule has 4 rings (SSSR count). The van der Waals surface area contributed by atoms with Gasteiger partial charge in [-0.15, -0.1) is 0 Å². The van der Waals surface area contributed by atoms with E-state index in [4.69, 9.17) is 0 Å². The van der Waals surface area contributed by atoms with Crippen molar-refractivity contribution >= 4 is 10.0 Å². The summed E-state index contributed by atoms with van der Waals surface area (Å²) in [5, 5.41) is 0. The molecule has 0 spiro atoms. The molecule has 0 aliphatic carbocycles. The molecule has 2 fully saturated rings. The van der Waals surface area contributed by atoms with Crippen molar-refractivity contribution in [2.24, 2.45) is 0 Å². The molecule has 2 aromatic carbocycles. The summed E-state index contributed by atoms with van der Waals surface area (Å²) in [4.78, 5) is 2.91. The highest BCUT2D eigenvalue weighted by atomic mass is 32.2. The highest BCUT2D eigenvalue weighted by Crippen LogP contribution is 2.39. The van der Waals surface area contributed by atoms with Crippen LogP contribution in [0.4, 0.5) is 0 Å². The Hall–Kier alpha value is -1.69. The van der Waals surface area contributed by atoms with Gasteiger partial charge in [0.15, 0.2) is 0 Å². The lowest BCUT2D eigenvalue weighted by atomic mass is 9.76. The van der Waals surface area contributed by atoms with E-state index in [9.17, 15) is 8.42 Å². The average molecular weight is 497 g/mol. The summed E-state index contributed by atoms with van der Waals surface area (Å²) in [6.07, 6.45) is 3.36. The monoisotopic (exact) mass is 496 g/mol. The van der Waals surface area contributed by atoms with Crippen LogP contribution >= 0.6 is 0 Å². The Balaban J connectivity index is 1.62. The van der Waals surface area contributed by atoms with Gasteiger partial charge in [0.25, 0.3) is 0 Å². The van der Waals surface area contributed by atoms with Crippen molar-refractivity contribution < 1.29 is 8.42 Å². The molecule has 35 heavy (non-hydrogen) atoms. The van der Waals surface area contributed by atoms with E-state index in [1.807, 2.05) is 18.2 Å². The zero-order chi connectivity index (χ0) is 25.6. The van der Waals surface area contributed by atoms with Crippen LogP contribution in [-0.4, -0.2) is 50.8 Å². The molecule has 4 nitrogen and oxygen atoms in total. The molecule has 0 bridgehead atoms. The minimum absolute atomic E-state index is 0.0530. The highest BCUT2D eigenvalue weighted by molar-refractivity contribution is 7.89. The molecule has 2 aromatic rings. The second kappa shape index (κ2) is 9.64. The number of hydrogen-bond donors (Lipinski definition) is 0. The van der Waals surface area contributed by atoms with Crippen molar-refractivity contribution in [1.82, 2.24) is 9.21 Å². The van der Waals surface area contributed by atoms with Gasteiger partial charge in [-0.2, -0.15) is 4.31 Å². The lowest BCUT2D eigenvalue weighted by molar-refractivity contribution is 0.249. The Morgan fingerprint density at radius 1 is 0.800 bits per heavy atom. The summed E-state index contributed by atoms with van der Waals surface area (Å²) in [5.41, 5.74) is 4.90.